The lowest BCUT2D eigenvalue weighted by atomic mass is 9.95. The number of aromatic hydroxyl groups is 2. The van der Waals surface area contributed by atoms with Crippen molar-refractivity contribution in [2.24, 2.45) is 0 Å². The monoisotopic (exact) mass is 479 g/mol. The summed E-state index contributed by atoms with van der Waals surface area (Å²) in [6, 6.07) is 8.98. The van der Waals surface area contributed by atoms with Gasteiger partial charge in [-0.25, -0.2) is 0 Å². The van der Waals surface area contributed by atoms with Gasteiger partial charge >= 0.3 is 5.97 Å². The minimum atomic E-state index is -0.894. The molecule has 1 atom stereocenters. The van der Waals surface area contributed by atoms with E-state index in [2.05, 4.69) is 5.32 Å². The van der Waals surface area contributed by atoms with Crippen LogP contribution in [0.15, 0.2) is 35.9 Å². The lowest BCUT2D eigenvalue weighted by Crippen LogP contribution is -2.48. The average Bonchev–Trinajstić information content (AvgIpc) is 3.00. The number of fused-ring (bicyclic) bond motifs is 1. The fourth-order valence-electron chi connectivity index (χ4n) is 4.63. The lowest BCUT2D eigenvalue weighted by Gasteiger charge is -2.38. The van der Waals surface area contributed by atoms with Gasteiger partial charge in [-0.15, -0.1) is 0 Å². The minimum Gasteiger partial charge on any atom is -0.508 e. The Kier molecular flexibility index (Phi) is 6.03. The molecular formula is C26H29N3O4S. The summed E-state index contributed by atoms with van der Waals surface area (Å²) in [6.07, 6.45) is 0.616. The second kappa shape index (κ2) is 8.68. The number of carbonyl (C=O) groups is 1. The third-order valence-electron chi connectivity index (χ3n) is 6.80. The van der Waals surface area contributed by atoms with E-state index in [1.165, 1.54) is 6.07 Å². The maximum Gasteiger partial charge on any atom is 0.323 e. The van der Waals surface area contributed by atoms with Crippen LogP contribution >= 0.6 is 12.2 Å². The summed E-state index contributed by atoms with van der Waals surface area (Å²) < 4.78 is 1.80. The summed E-state index contributed by atoms with van der Waals surface area (Å²) >= 11 is 5.76. The van der Waals surface area contributed by atoms with E-state index in [-0.39, 0.29) is 24.1 Å². The molecule has 4 rings (SSSR count). The maximum atomic E-state index is 11.4. The molecule has 2 heterocycles. The molecule has 2 aromatic carbocycles. The van der Waals surface area contributed by atoms with Gasteiger partial charge in [0, 0.05) is 40.0 Å². The fraction of sp³-hybridized carbons (Fsp3) is 0.308. The van der Waals surface area contributed by atoms with E-state index in [4.69, 9.17) is 12.2 Å². The van der Waals surface area contributed by atoms with Crippen molar-refractivity contribution >= 4 is 45.6 Å². The van der Waals surface area contributed by atoms with E-state index in [0.29, 0.717) is 17.1 Å². The van der Waals surface area contributed by atoms with Gasteiger partial charge in [-0.3, -0.25) is 9.69 Å². The van der Waals surface area contributed by atoms with Gasteiger partial charge in [-0.2, -0.15) is 0 Å². The quantitative estimate of drug-likeness (QED) is 0.389. The van der Waals surface area contributed by atoms with Crippen LogP contribution in [0.3, 0.4) is 0 Å². The number of carboxylic acids is 1. The number of aliphatic carboxylic acids is 1. The molecule has 0 bridgehead atoms. The van der Waals surface area contributed by atoms with Crippen molar-refractivity contribution in [3.8, 4) is 11.5 Å². The summed E-state index contributed by atoms with van der Waals surface area (Å²) in [4.78, 5) is 13.3. The molecule has 0 aliphatic carbocycles. The van der Waals surface area contributed by atoms with Crippen LogP contribution in [0, 0.1) is 13.8 Å². The van der Waals surface area contributed by atoms with Gasteiger partial charge < -0.3 is 25.2 Å². The molecule has 4 N–H and O–H groups in total. The molecule has 3 aromatic rings. The standard InChI is InChI=1S/C26H29N3O4S/c1-6-17-9-20(23(31)11-22(17)30)25-13(2)15(4)27-26(34)29(25)18-7-8-21-19(10-18)14(3)16(5)28(21)12-24(32)33/h7-11,15,30-31H,6,12H2,1-5H3,(H,27,34)(H,32,33). The Morgan fingerprint density at radius 2 is 1.82 bits per heavy atom. The van der Waals surface area contributed by atoms with Gasteiger partial charge in [0.05, 0.1) is 5.70 Å². The van der Waals surface area contributed by atoms with E-state index >= 15 is 0 Å². The Morgan fingerprint density at radius 3 is 2.47 bits per heavy atom. The first-order chi connectivity index (χ1) is 16.0. The number of rotatable bonds is 5. The number of aryl methyl sites for hydroxylation is 2. The molecule has 0 saturated carbocycles. The molecular weight excluding hydrogens is 450 g/mol. The summed E-state index contributed by atoms with van der Waals surface area (Å²) in [5, 5.41) is 35.2. The van der Waals surface area contributed by atoms with Crippen LogP contribution in [-0.2, 0) is 17.8 Å². The highest BCUT2D eigenvalue weighted by molar-refractivity contribution is 7.80. The van der Waals surface area contributed by atoms with E-state index in [9.17, 15) is 20.1 Å². The minimum absolute atomic E-state index is 0.0216. The highest BCUT2D eigenvalue weighted by Gasteiger charge is 2.31. The zero-order valence-electron chi connectivity index (χ0n) is 19.9. The van der Waals surface area contributed by atoms with Gasteiger partial charge in [0.2, 0.25) is 0 Å². The lowest BCUT2D eigenvalue weighted by molar-refractivity contribution is -0.137. The van der Waals surface area contributed by atoms with Crippen LogP contribution in [0.25, 0.3) is 16.6 Å². The highest BCUT2D eigenvalue weighted by atomic mass is 32.1. The third-order valence-corrected chi connectivity index (χ3v) is 7.10. The largest absolute Gasteiger partial charge is 0.508 e. The number of nitrogens with one attached hydrogen (secondary N) is 1. The summed E-state index contributed by atoms with van der Waals surface area (Å²) in [7, 11) is 0. The van der Waals surface area contributed by atoms with Crippen LogP contribution in [0.4, 0.5) is 5.69 Å². The Bertz CT molecular complexity index is 1370. The Labute approximate surface area is 203 Å². The van der Waals surface area contributed by atoms with Crippen LogP contribution < -0.4 is 10.2 Å². The number of thiocarbonyl (C=S) groups is 1. The summed E-state index contributed by atoms with van der Waals surface area (Å²) in [5.41, 5.74) is 6.64. The van der Waals surface area contributed by atoms with E-state index in [1.54, 1.807) is 4.57 Å². The predicted molar refractivity (Wildman–Crippen MR) is 138 cm³/mol. The molecule has 0 spiro atoms. The van der Waals surface area contributed by atoms with Crippen LogP contribution in [0.5, 0.6) is 11.5 Å². The molecule has 0 radical (unpaired) electrons. The van der Waals surface area contributed by atoms with Gasteiger partial charge in [-0.1, -0.05) is 6.92 Å². The SMILES string of the molecule is CCc1cc(C2=C(C)C(C)NC(=S)N2c2ccc3c(c2)c(C)c(C)n3CC(=O)O)c(O)cc1O. The van der Waals surface area contributed by atoms with Crippen molar-refractivity contribution in [1.29, 1.82) is 0 Å². The number of hydrogen-bond donors (Lipinski definition) is 4. The normalized spacial score (nSPS) is 16.3. The summed E-state index contributed by atoms with van der Waals surface area (Å²) in [6.45, 7) is 9.75. The molecule has 1 unspecified atom stereocenters. The topological polar surface area (TPSA) is 98.0 Å². The Morgan fingerprint density at radius 1 is 1.12 bits per heavy atom. The first-order valence-corrected chi connectivity index (χ1v) is 11.6. The molecule has 1 aromatic heterocycles. The number of carboxylic acid groups (broad SMARTS) is 1. The van der Waals surface area contributed by atoms with Crippen molar-refractivity contribution in [1.82, 2.24) is 9.88 Å². The number of nitrogens with zero attached hydrogens (tertiary/aromatic N) is 2. The van der Waals surface area contributed by atoms with Gasteiger partial charge in [0.25, 0.3) is 0 Å². The number of anilines is 1. The van der Waals surface area contributed by atoms with E-state index in [1.807, 2.05) is 63.8 Å². The number of hydrogen-bond acceptors (Lipinski definition) is 4. The van der Waals surface area contributed by atoms with E-state index < -0.39 is 5.97 Å². The smallest absolute Gasteiger partial charge is 0.323 e. The van der Waals surface area contributed by atoms with Gasteiger partial charge in [0.1, 0.15) is 18.0 Å². The first-order valence-electron chi connectivity index (χ1n) is 11.2. The zero-order chi connectivity index (χ0) is 24.9. The molecule has 1 aliphatic rings. The first kappa shape index (κ1) is 23.6. The van der Waals surface area contributed by atoms with Crippen molar-refractivity contribution in [2.45, 2.75) is 53.6 Å². The third kappa shape index (κ3) is 3.77. The van der Waals surface area contributed by atoms with Crippen molar-refractivity contribution in [3.05, 3.63) is 58.3 Å². The predicted octanol–water partition coefficient (Wildman–Crippen LogP) is 4.83. The van der Waals surface area contributed by atoms with Crippen molar-refractivity contribution in [3.63, 3.8) is 0 Å². The second-order valence-electron chi connectivity index (χ2n) is 8.78. The van der Waals surface area contributed by atoms with Crippen LogP contribution in [-0.4, -0.2) is 37.0 Å². The number of phenolic OH excluding ortho intramolecular Hbond substituents is 2. The Hall–Kier alpha value is -3.52. The van der Waals surface area contributed by atoms with Crippen molar-refractivity contribution in [2.75, 3.05) is 4.90 Å². The molecule has 7 nitrogen and oxygen atoms in total. The molecule has 0 amide bonds. The highest BCUT2D eigenvalue weighted by Crippen LogP contribution is 2.41. The Balaban J connectivity index is 1.94. The van der Waals surface area contributed by atoms with Gasteiger partial charge in [0.15, 0.2) is 5.11 Å². The van der Waals surface area contributed by atoms with Crippen molar-refractivity contribution < 1.29 is 20.1 Å². The average molecular weight is 480 g/mol. The van der Waals surface area contributed by atoms with Crippen LogP contribution in [0.2, 0.25) is 0 Å². The van der Waals surface area contributed by atoms with Crippen LogP contribution in [0.1, 0.15) is 43.2 Å². The number of aromatic nitrogens is 1. The molecule has 0 saturated heterocycles. The maximum absolute atomic E-state index is 11.4. The van der Waals surface area contributed by atoms with Gasteiger partial charge in [-0.05, 0) is 87.3 Å². The molecule has 0 fully saturated rings. The molecule has 178 valence electrons. The summed E-state index contributed by atoms with van der Waals surface area (Å²) in [5.74, 6) is -0.855. The second-order valence-corrected chi connectivity index (χ2v) is 9.17. The number of benzene rings is 2. The number of phenols is 2. The fourth-order valence-corrected chi connectivity index (χ4v) is 5.00. The molecule has 8 heteroatoms. The molecule has 1 aliphatic heterocycles. The molecule has 34 heavy (non-hydrogen) atoms. The zero-order valence-corrected chi connectivity index (χ0v) is 20.7. The van der Waals surface area contributed by atoms with E-state index in [0.717, 1.165) is 44.7 Å².